The second kappa shape index (κ2) is 9.62. The molecule has 5 heteroatoms. The molecule has 5 nitrogen and oxygen atoms in total. The van der Waals surface area contributed by atoms with Gasteiger partial charge in [-0.15, -0.1) is 0 Å². The number of anilines is 1. The van der Waals surface area contributed by atoms with E-state index in [-0.39, 0.29) is 0 Å². The number of methoxy groups -OCH3 is 1. The molecule has 0 aliphatic carbocycles. The predicted molar refractivity (Wildman–Crippen MR) is 109 cm³/mol. The molecule has 0 unspecified atom stereocenters. The van der Waals surface area contributed by atoms with Crippen LogP contribution < -0.4 is 14.4 Å². The minimum absolute atomic E-state index is 0.318. The molecule has 2 aromatic rings. The van der Waals surface area contributed by atoms with Crippen LogP contribution in [0.3, 0.4) is 0 Å². The Bertz CT molecular complexity index is 697. The van der Waals surface area contributed by atoms with Gasteiger partial charge < -0.3 is 19.5 Å². The molecular formula is C22H30N2O3. The molecule has 0 aromatic heterocycles. The van der Waals surface area contributed by atoms with Gasteiger partial charge in [0, 0.05) is 32.7 Å². The lowest BCUT2D eigenvalue weighted by Crippen LogP contribution is -2.49. The molecule has 0 spiro atoms. The van der Waals surface area contributed by atoms with Gasteiger partial charge in [0.25, 0.3) is 0 Å². The summed E-state index contributed by atoms with van der Waals surface area (Å²) >= 11 is 0. The Morgan fingerprint density at radius 2 is 1.70 bits per heavy atom. The van der Waals surface area contributed by atoms with Crippen molar-refractivity contribution in [3.63, 3.8) is 0 Å². The van der Waals surface area contributed by atoms with Gasteiger partial charge in [-0.1, -0.05) is 31.2 Å². The average molecular weight is 370 g/mol. The highest BCUT2D eigenvalue weighted by molar-refractivity contribution is 5.58. The normalized spacial score (nSPS) is 16.2. The third-order valence-corrected chi connectivity index (χ3v) is 5.04. The molecule has 1 aliphatic heterocycles. The fourth-order valence-electron chi connectivity index (χ4n) is 3.43. The standard InChI is InChI=1S/C22H30N2O3/c1-3-18-8-10-20(11-9-18)27-17-19(25)16-23-12-14-24(15-13-23)21-6-4-5-7-22(21)26-2/h4-11,19,25H,3,12-17H2,1-2H3/t19-/m1/s1. The van der Waals surface area contributed by atoms with E-state index < -0.39 is 6.10 Å². The SMILES string of the molecule is CCc1ccc(OC[C@H](O)CN2CCN(c3ccccc3OC)CC2)cc1. The quantitative estimate of drug-likeness (QED) is 0.774. The fraction of sp³-hybridized carbons (Fsp3) is 0.455. The molecule has 1 N–H and O–H groups in total. The van der Waals surface area contributed by atoms with Crippen molar-refractivity contribution in [3.8, 4) is 11.5 Å². The Morgan fingerprint density at radius 3 is 2.37 bits per heavy atom. The van der Waals surface area contributed by atoms with E-state index in [2.05, 4.69) is 34.9 Å². The van der Waals surface area contributed by atoms with E-state index in [9.17, 15) is 5.11 Å². The van der Waals surface area contributed by atoms with E-state index in [1.54, 1.807) is 7.11 Å². The molecule has 146 valence electrons. The summed E-state index contributed by atoms with van der Waals surface area (Å²) in [7, 11) is 1.71. The molecule has 0 amide bonds. The molecule has 1 heterocycles. The Hall–Kier alpha value is -2.24. The van der Waals surface area contributed by atoms with Gasteiger partial charge in [-0.25, -0.2) is 0 Å². The highest BCUT2D eigenvalue weighted by atomic mass is 16.5. The lowest BCUT2D eigenvalue weighted by Gasteiger charge is -2.37. The van der Waals surface area contributed by atoms with Crippen molar-refractivity contribution in [1.82, 2.24) is 4.90 Å². The van der Waals surface area contributed by atoms with Crippen LogP contribution in [0.15, 0.2) is 48.5 Å². The van der Waals surface area contributed by atoms with Gasteiger partial charge in [-0.05, 0) is 36.2 Å². The third-order valence-electron chi connectivity index (χ3n) is 5.04. The number of para-hydroxylation sites is 2. The van der Waals surface area contributed by atoms with Gasteiger partial charge in [-0.3, -0.25) is 4.90 Å². The van der Waals surface area contributed by atoms with Gasteiger partial charge >= 0.3 is 0 Å². The highest BCUT2D eigenvalue weighted by Crippen LogP contribution is 2.28. The van der Waals surface area contributed by atoms with Gasteiger partial charge in [0.1, 0.15) is 24.2 Å². The zero-order chi connectivity index (χ0) is 19.1. The number of β-amino-alcohol motifs (C(OH)–C–C–N with tert-alkyl or cyclic N) is 1. The van der Waals surface area contributed by atoms with Gasteiger partial charge in [0.15, 0.2) is 0 Å². The summed E-state index contributed by atoms with van der Waals surface area (Å²) in [6.07, 6.45) is 0.526. The lowest BCUT2D eigenvalue weighted by molar-refractivity contribution is 0.0663. The molecule has 2 aromatic carbocycles. The zero-order valence-electron chi connectivity index (χ0n) is 16.3. The molecule has 0 saturated carbocycles. The topological polar surface area (TPSA) is 45.2 Å². The lowest BCUT2D eigenvalue weighted by atomic mass is 10.2. The van der Waals surface area contributed by atoms with Crippen molar-refractivity contribution in [2.75, 3.05) is 51.3 Å². The second-order valence-electron chi connectivity index (χ2n) is 6.92. The first-order chi connectivity index (χ1) is 13.2. The maximum atomic E-state index is 10.3. The predicted octanol–water partition coefficient (Wildman–Crippen LogP) is 2.82. The van der Waals surface area contributed by atoms with Crippen LogP contribution in [-0.4, -0.2) is 62.6 Å². The zero-order valence-corrected chi connectivity index (χ0v) is 16.3. The molecule has 3 rings (SSSR count). The summed E-state index contributed by atoms with van der Waals surface area (Å²) in [5.74, 6) is 1.72. The molecular weight excluding hydrogens is 340 g/mol. The smallest absolute Gasteiger partial charge is 0.142 e. The summed E-state index contributed by atoms with van der Waals surface area (Å²) in [4.78, 5) is 4.63. The van der Waals surface area contributed by atoms with Gasteiger partial charge in [0.2, 0.25) is 0 Å². The Kier molecular flexibility index (Phi) is 6.96. The van der Waals surface area contributed by atoms with E-state index in [4.69, 9.17) is 9.47 Å². The summed E-state index contributed by atoms with van der Waals surface area (Å²) in [5, 5.41) is 10.3. The molecule has 1 atom stereocenters. The molecule has 1 saturated heterocycles. The van der Waals surface area contributed by atoms with Crippen LogP contribution in [0.2, 0.25) is 0 Å². The number of hydrogen-bond acceptors (Lipinski definition) is 5. The van der Waals surface area contributed by atoms with Crippen molar-refractivity contribution in [2.24, 2.45) is 0 Å². The number of aliphatic hydroxyl groups excluding tert-OH is 1. The first-order valence-electron chi connectivity index (χ1n) is 9.69. The van der Waals surface area contributed by atoms with Crippen molar-refractivity contribution >= 4 is 5.69 Å². The summed E-state index contributed by atoms with van der Waals surface area (Å²) < 4.78 is 11.2. The van der Waals surface area contributed by atoms with Crippen LogP contribution in [0.1, 0.15) is 12.5 Å². The monoisotopic (exact) mass is 370 g/mol. The Morgan fingerprint density at radius 1 is 1.00 bits per heavy atom. The number of aryl methyl sites for hydroxylation is 1. The molecule has 0 radical (unpaired) electrons. The molecule has 1 fully saturated rings. The number of piperazine rings is 1. The molecule has 27 heavy (non-hydrogen) atoms. The van der Waals surface area contributed by atoms with Gasteiger partial charge in [0.05, 0.1) is 12.8 Å². The molecule has 0 bridgehead atoms. The average Bonchev–Trinajstić information content (AvgIpc) is 2.73. The van der Waals surface area contributed by atoms with E-state index in [1.165, 1.54) is 5.56 Å². The van der Waals surface area contributed by atoms with Gasteiger partial charge in [-0.2, -0.15) is 0 Å². The van der Waals surface area contributed by atoms with E-state index >= 15 is 0 Å². The van der Waals surface area contributed by atoms with Crippen LogP contribution in [-0.2, 0) is 6.42 Å². The Labute approximate surface area is 162 Å². The minimum Gasteiger partial charge on any atom is -0.495 e. The summed E-state index contributed by atoms with van der Waals surface area (Å²) in [6.45, 7) is 6.76. The first-order valence-corrected chi connectivity index (χ1v) is 9.69. The minimum atomic E-state index is -0.492. The maximum Gasteiger partial charge on any atom is 0.142 e. The van der Waals surface area contributed by atoms with Crippen LogP contribution in [0.5, 0.6) is 11.5 Å². The van der Waals surface area contributed by atoms with Crippen LogP contribution in [0.25, 0.3) is 0 Å². The fourth-order valence-corrected chi connectivity index (χ4v) is 3.43. The van der Waals surface area contributed by atoms with Crippen molar-refractivity contribution in [2.45, 2.75) is 19.4 Å². The number of rotatable bonds is 8. The second-order valence-corrected chi connectivity index (χ2v) is 6.92. The van der Waals surface area contributed by atoms with E-state index in [1.807, 2.05) is 30.3 Å². The van der Waals surface area contributed by atoms with Crippen molar-refractivity contribution < 1.29 is 14.6 Å². The number of ether oxygens (including phenoxy) is 2. The number of hydrogen-bond donors (Lipinski definition) is 1. The largest absolute Gasteiger partial charge is 0.495 e. The van der Waals surface area contributed by atoms with Crippen molar-refractivity contribution in [3.05, 3.63) is 54.1 Å². The summed E-state index contributed by atoms with van der Waals surface area (Å²) in [6, 6.07) is 16.2. The Balaban J connectivity index is 1.43. The van der Waals surface area contributed by atoms with Crippen LogP contribution >= 0.6 is 0 Å². The number of benzene rings is 2. The highest BCUT2D eigenvalue weighted by Gasteiger charge is 2.21. The molecule has 1 aliphatic rings. The number of aliphatic hydroxyl groups is 1. The van der Waals surface area contributed by atoms with Crippen LogP contribution in [0.4, 0.5) is 5.69 Å². The summed E-state index contributed by atoms with van der Waals surface area (Å²) in [5.41, 5.74) is 2.43. The van der Waals surface area contributed by atoms with E-state index in [0.717, 1.165) is 49.8 Å². The number of nitrogens with zero attached hydrogens (tertiary/aromatic N) is 2. The first kappa shape index (κ1) is 19.5. The van der Waals surface area contributed by atoms with E-state index in [0.29, 0.717) is 13.2 Å². The van der Waals surface area contributed by atoms with Crippen LogP contribution in [0, 0.1) is 0 Å². The van der Waals surface area contributed by atoms with Crippen molar-refractivity contribution in [1.29, 1.82) is 0 Å². The maximum absolute atomic E-state index is 10.3. The third kappa shape index (κ3) is 5.37.